The number of hydrogen-bond donors (Lipinski definition) is 3. The number of carboxylic acids is 1. The SMILES string of the molecule is CCCC(NC(=O)NCCCCC(F)(F)F)C(=O)O. The second kappa shape index (κ2) is 8.60. The van der Waals surface area contributed by atoms with Crippen LogP contribution in [0.4, 0.5) is 18.0 Å². The Bertz CT molecular complexity index is 295. The normalized spacial score (nSPS) is 12.8. The van der Waals surface area contributed by atoms with E-state index in [9.17, 15) is 22.8 Å². The molecular formula is C11H19F3N2O3. The van der Waals surface area contributed by atoms with Crippen LogP contribution < -0.4 is 10.6 Å². The molecular weight excluding hydrogens is 265 g/mol. The maximum absolute atomic E-state index is 11.8. The van der Waals surface area contributed by atoms with Crippen LogP contribution in [0.15, 0.2) is 0 Å². The number of carbonyl (C=O) groups is 2. The van der Waals surface area contributed by atoms with Crippen molar-refractivity contribution in [2.24, 2.45) is 0 Å². The smallest absolute Gasteiger partial charge is 0.389 e. The van der Waals surface area contributed by atoms with Gasteiger partial charge in [-0.3, -0.25) is 0 Å². The molecule has 8 heteroatoms. The van der Waals surface area contributed by atoms with Gasteiger partial charge in [0.2, 0.25) is 0 Å². The van der Waals surface area contributed by atoms with Gasteiger partial charge in [-0.2, -0.15) is 13.2 Å². The quantitative estimate of drug-likeness (QED) is 0.598. The Morgan fingerprint density at radius 3 is 2.37 bits per heavy atom. The minimum Gasteiger partial charge on any atom is -0.480 e. The third-order valence-corrected chi connectivity index (χ3v) is 2.35. The fourth-order valence-corrected chi connectivity index (χ4v) is 1.41. The second-order valence-corrected chi connectivity index (χ2v) is 4.15. The van der Waals surface area contributed by atoms with E-state index in [-0.39, 0.29) is 19.4 Å². The lowest BCUT2D eigenvalue weighted by molar-refractivity contribution is -0.139. The largest absolute Gasteiger partial charge is 0.480 e. The van der Waals surface area contributed by atoms with Crippen LogP contribution in [-0.4, -0.2) is 35.9 Å². The van der Waals surface area contributed by atoms with Crippen LogP contribution in [0.3, 0.4) is 0 Å². The fraction of sp³-hybridized carbons (Fsp3) is 0.818. The molecule has 0 aliphatic heterocycles. The first-order valence-corrected chi connectivity index (χ1v) is 6.10. The molecule has 0 rings (SSSR count). The molecule has 0 saturated heterocycles. The van der Waals surface area contributed by atoms with Crippen molar-refractivity contribution < 1.29 is 27.9 Å². The van der Waals surface area contributed by atoms with Gasteiger partial charge in [-0.25, -0.2) is 9.59 Å². The summed E-state index contributed by atoms with van der Waals surface area (Å²) in [4.78, 5) is 22.0. The zero-order chi connectivity index (χ0) is 14.9. The molecule has 0 aromatic rings. The van der Waals surface area contributed by atoms with E-state index in [0.717, 1.165) is 0 Å². The number of urea groups is 1. The Balaban J connectivity index is 3.77. The minimum atomic E-state index is -4.18. The molecule has 0 radical (unpaired) electrons. The summed E-state index contributed by atoms with van der Waals surface area (Å²) in [5, 5.41) is 13.4. The van der Waals surface area contributed by atoms with Gasteiger partial charge in [0.05, 0.1) is 0 Å². The van der Waals surface area contributed by atoms with Crippen molar-refractivity contribution in [1.82, 2.24) is 10.6 Å². The van der Waals surface area contributed by atoms with Gasteiger partial charge in [-0.05, 0) is 19.3 Å². The molecule has 112 valence electrons. The molecule has 0 saturated carbocycles. The first kappa shape index (κ1) is 17.5. The number of unbranched alkanes of at least 4 members (excludes halogenated alkanes) is 1. The van der Waals surface area contributed by atoms with Crippen molar-refractivity contribution in [1.29, 1.82) is 0 Å². The van der Waals surface area contributed by atoms with E-state index in [4.69, 9.17) is 5.11 Å². The average molecular weight is 284 g/mol. The van der Waals surface area contributed by atoms with Gasteiger partial charge in [0, 0.05) is 13.0 Å². The highest BCUT2D eigenvalue weighted by atomic mass is 19.4. The van der Waals surface area contributed by atoms with E-state index in [1.165, 1.54) is 0 Å². The molecule has 0 aliphatic carbocycles. The third kappa shape index (κ3) is 10.2. The van der Waals surface area contributed by atoms with Crippen molar-refractivity contribution in [2.75, 3.05) is 6.54 Å². The van der Waals surface area contributed by atoms with E-state index in [1.807, 2.05) is 0 Å². The highest BCUT2D eigenvalue weighted by molar-refractivity contribution is 5.82. The van der Waals surface area contributed by atoms with Crippen molar-refractivity contribution >= 4 is 12.0 Å². The van der Waals surface area contributed by atoms with E-state index < -0.39 is 30.6 Å². The molecule has 0 heterocycles. The van der Waals surface area contributed by atoms with Gasteiger partial charge in [0.1, 0.15) is 6.04 Å². The van der Waals surface area contributed by atoms with Gasteiger partial charge in [-0.15, -0.1) is 0 Å². The van der Waals surface area contributed by atoms with E-state index in [0.29, 0.717) is 12.8 Å². The zero-order valence-electron chi connectivity index (χ0n) is 10.7. The first-order chi connectivity index (χ1) is 8.76. The molecule has 0 bridgehead atoms. The highest BCUT2D eigenvalue weighted by Gasteiger charge is 2.25. The fourth-order valence-electron chi connectivity index (χ4n) is 1.41. The number of amides is 2. The lowest BCUT2D eigenvalue weighted by Crippen LogP contribution is -2.46. The number of halogens is 3. The number of alkyl halides is 3. The van der Waals surface area contributed by atoms with Gasteiger partial charge in [0.15, 0.2) is 0 Å². The van der Waals surface area contributed by atoms with Crippen LogP contribution in [0.25, 0.3) is 0 Å². The van der Waals surface area contributed by atoms with Crippen LogP contribution in [0.5, 0.6) is 0 Å². The van der Waals surface area contributed by atoms with Crippen molar-refractivity contribution in [2.45, 2.75) is 51.2 Å². The van der Waals surface area contributed by atoms with E-state index in [2.05, 4.69) is 10.6 Å². The van der Waals surface area contributed by atoms with Crippen LogP contribution >= 0.6 is 0 Å². The first-order valence-electron chi connectivity index (χ1n) is 6.10. The summed E-state index contributed by atoms with van der Waals surface area (Å²) in [6.45, 7) is 1.87. The molecule has 0 spiro atoms. The van der Waals surface area contributed by atoms with Crippen LogP contribution in [0.1, 0.15) is 39.0 Å². The molecule has 1 atom stereocenters. The standard InChI is InChI=1S/C11H19F3N2O3/c1-2-5-8(9(17)18)16-10(19)15-7-4-3-6-11(12,13)14/h8H,2-7H2,1H3,(H,17,18)(H2,15,16,19). The van der Waals surface area contributed by atoms with E-state index in [1.54, 1.807) is 6.92 Å². The minimum absolute atomic E-state index is 0.0684. The molecule has 0 aromatic carbocycles. The third-order valence-electron chi connectivity index (χ3n) is 2.35. The number of aliphatic carboxylic acids is 1. The molecule has 3 N–H and O–H groups in total. The van der Waals surface area contributed by atoms with Crippen LogP contribution in [-0.2, 0) is 4.79 Å². The van der Waals surface area contributed by atoms with Crippen LogP contribution in [0, 0.1) is 0 Å². The lowest BCUT2D eigenvalue weighted by Gasteiger charge is -2.14. The van der Waals surface area contributed by atoms with Crippen molar-refractivity contribution in [3.8, 4) is 0 Å². The molecule has 0 fully saturated rings. The molecule has 2 amide bonds. The summed E-state index contributed by atoms with van der Waals surface area (Å²) < 4.78 is 35.5. The number of rotatable bonds is 8. The Morgan fingerprint density at radius 1 is 1.26 bits per heavy atom. The Hall–Kier alpha value is -1.47. The summed E-state index contributed by atoms with van der Waals surface area (Å²) in [5.74, 6) is -1.13. The Labute approximate surface area is 109 Å². The molecule has 19 heavy (non-hydrogen) atoms. The number of hydrogen-bond acceptors (Lipinski definition) is 2. The van der Waals surface area contributed by atoms with Crippen LogP contribution in [0.2, 0.25) is 0 Å². The summed E-state index contributed by atoms with van der Waals surface area (Å²) in [6, 6.07) is -1.65. The van der Waals surface area contributed by atoms with Gasteiger partial charge < -0.3 is 15.7 Å². The maximum atomic E-state index is 11.8. The topological polar surface area (TPSA) is 78.4 Å². The lowest BCUT2D eigenvalue weighted by atomic mass is 10.2. The molecule has 5 nitrogen and oxygen atoms in total. The monoisotopic (exact) mass is 284 g/mol. The van der Waals surface area contributed by atoms with Crippen molar-refractivity contribution in [3.05, 3.63) is 0 Å². The summed E-state index contributed by atoms with van der Waals surface area (Å²) in [7, 11) is 0. The Kier molecular flexibility index (Phi) is 7.94. The molecule has 0 aromatic heterocycles. The number of carboxylic acid groups (broad SMARTS) is 1. The second-order valence-electron chi connectivity index (χ2n) is 4.15. The van der Waals surface area contributed by atoms with E-state index >= 15 is 0 Å². The predicted octanol–water partition coefficient (Wildman–Crippen LogP) is 2.27. The molecule has 0 aliphatic rings. The highest BCUT2D eigenvalue weighted by Crippen LogP contribution is 2.21. The van der Waals surface area contributed by atoms with Gasteiger partial charge in [0.25, 0.3) is 0 Å². The Morgan fingerprint density at radius 2 is 1.89 bits per heavy atom. The maximum Gasteiger partial charge on any atom is 0.389 e. The van der Waals surface area contributed by atoms with Crippen molar-refractivity contribution in [3.63, 3.8) is 0 Å². The summed E-state index contributed by atoms with van der Waals surface area (Å²) >= 11 is 0. The van der Waals surface area contributed by atoms with Gasteiger partial charge in [-0.1, -0.05) is 13.3 Å². The number of nitrogens with one attached hydrogen (secondary N) is 2. The summed E-state index contributed by atoms with van der Waals surface area (Å²) in [5.41, 5.74) is 0. The molecule has 1 unspecified atom stereocenters. The predicted molar refractivity (Wildman–Crippen MR) is 62.8 cm³/mol. The van der Waals surface area contributed by atoms with Gasteiger partial charge >= 0.3 is 18.2 Å². The zero-order valence-corrected chi connectivity index (χ0v) is 10.7. The summed E-state index contributed by atoms with van der Waals surface area (Å²) in [6.07, 6.45) is -4.04. The average Bonchev–Trinajstić information content (AvgIpc) is 2.26. The number of carbonyl (C=O) groups excluding carboxylic acids is 1.